The number of benzene rings is 2. The van der Waals surface area contributed by atoms with Crippen LogP contribution in [0.3, 0.4) is 0 Å². The smallest absolute Gasteiger partial charge is 0.249 e. The third-order valence-electron chi connectivity index (χ3n) is 2.87. The van der Waals surface area contributed by atoms with Gasteiger partial charge in [-0.15, -0.1) is 5.10 Å². The Labute approximate surface area is 145 Å². The molecule has 2 N–H and O–H groups in total. The highest BCUT2D eigenvalue weighted by Crippen LogP contribution is 2.25. The van der Waals surface area contributed by atoms with Gasteiger partial charge in [-0.1, -0.05) is 23.2 Å². The van der Waals surface area contributed by atoms with Crippen molar-refractivity contribution in [2.45, 2.75) is 0 Å². The van der Waals surface area contributed by atoms with E-state index in [4.69, 9.17) is 23.2 Å². The van der Waals surface area contributed by atoms with Crippen LogP contribution in [-0.2, 0) is 0 Å². The Balaban J connectivity index is 1.81. The summed E-state index contributed by atoms with van der Waals surface area (Å²) < 4.78 is 26.6. The lowest BCUT2D eigenvalue weighted by molar-refractivity contribution is 0.586. The molecule has 0 saturated carbocycles. The number of nitrogens with zero attached hydrogens (tertiary/aromatic N) is 3. The predicted octanol–water partition coefficient (Wildman–Crippen LogP) is 4.94. The highest BCUT2D eigenvalue weighted by Gasteiger charge is 2.07. The maximum absolute atomic E-state index is 13.6. The molecule has 0 aliphatic heterocycles. The van der Waals surface area contributed by atoms with Gasteiger partial charge in [-0.3, -0.25) is 0 Å². The molecule has 9 heteroatoms. The van der Waals surface area contributed by atoms with Gasteiger partial charge in [0, 0.05) is 21.8 Å². The molecule has 24 heavy (non-hydrogen) atoms. The fourth-order valence-corrected chi connectivity index (χ4v) is 2.43. The monoisotopic (exact) mass is 367 g/mol. The number of nitrogens with one attached hydrogen (secondary N) is 2. The average molecular weight is 368 g/mol. The largest absolute Gasteiger partial charge is 0.339 e. The quantitative estimate of drug-likeness (QED) is 0.683. The molecule has 0 unspecified atom stereocenters. The highest BCUT2D eigenvalue weighted by molar-refractivity contribution is 6.35. The summed E-state index contributed by atoms with van der Waals surface area (Å²) >= 11 is 11.9. The van der Waals surface area contributed by atoms with E-state index < -0.39 is 11.6 Å². The normalized spacial score (nSPS) is 10.5. The summed E-state index contributed by atoms with van der Waals surface area (Å²) in [6, 6.07) is 8.02. The van der Waals surface area contributed by atoms with E-state index in [1.165, 1.54) is 12.3 Å². The third-order valence-corrected chi connectivity index (χ3v) is 3.31. The number of hydrogen-bond donors (Lipinski definition) is 2. The first kappa shape index (κ1) is 16.4. The molecular formula is C15H9Cl2F2N5. The first-order valence-electron chi connectivity index (χ1n) is 6.64. The Morgan fingerprint density at radius 3 is 2.38 bits per heavy atom. The Morgan fingerprint density at radius 2 is 1.67 bits per heavy atom. The lowest BCUT2D eigenvalue weighted by Crippen LogP contribution is -2.03. The summed E-state index contributed by atoms with van der Waals surface area (Å²) in [5.74, 6) is -1.06. The van der Waals surface area contributed by atoms with Gasteiger partial charge in [0.15, 0.2) is 5.82 Å². The Kier molecular flexibility index (Phi) is 4.73. The molecule has 1 heterocycles. The second kappa shape index (κ2) is 6.94. The minimum absolute atomic E-state index is 0.0288. The molecule has 0 radical (unpaired) electrons. The number of hydrogen-bond acceptors (Lipinski definition) is 5. The first-order chi connectivity index (χ1) is 11.5. The fraction of sp³-hybridized carbons (Fsp3) is 0. The summed E-state index contributed by atoms with van der Waals surface area (Å²) in [5.41, 5.74) is 0.632. The maximum atomic E-state index is 13.6. The maximum Gasteiger partial charge on any atom is 0.249 e. The lowest BCUT2D eigenvalue weighted by atomic mass is 10.3. The molecular weight excluding hydrogens is 359 g/mol. The van der Waals surface area contributed by atoms with Crippen molar-refractivity contribution in [2.24, 2.45) is 0 Å². The SMILES string of the molecule is Fc1ccc(Nc2nncc(Nc3cc(Cl)cc(Cl)c3)n2)c(F)c1. The fourth-order valence-electron chi connectivity index (χ4n) is 1.90. The van der Waals surface area contributed by atoms with Crippen LogP contribution in [0.5, 0.6) is 0 Å². The zero-order chi connectivity index (χ0) is 17.1. The molecule has 0 spiro atoms. The molecule has 2 aromatic carbocycles. The number of rotatable bonds is 4. The molecule has 122 valence electrons. The minimum Gasteiger partial charge on any atom is -0.339 e. The van der Waals surface area contributed by atoms with Crippen molar-refractivity contribution in [1.29, 1.82) is 0 Å². The van der Waals surface area contributed by atoms with Crippen molar-refractivity contribution in [3.63, 3.8) is 0 Å². The van der Waals surface area contributed by atoms with Crippen LogP contribution < -0.4 is 10.6 Å². The van der Waals surface area contributed by atoms with Crippen LogP contribution in [0, 0.1) is 11.6 Å². The summed E-state index contributed by atoms with van der Waals surface area (Å²) in [6.07, 6.45) is 1.38. The topological polar surface area (TPSA) is 62.7 Å². The van der Waals surface area contributed by atoms with E-state index in [9.17, 15) is 8.78 Å². The van der Waals surface area contributed by atoms with E-state index in [-0.39, 0.29) is 11.6 Å². The summed E-state index contributed by atoms with van der Waals surface area (Å²) in [6.45, 7) is 0. The molecule has 0 aliphatic rings. The second-order valence-electron chi connectivity index (χ2n) is 4.70. The second-order valence-corrected chi connectivity index (χ2v) is 5.57. The summed E-state index contributed by atoms with van der Waals surface area (Å²) in [4.78, 5) is 4.14. The van der Waals surface area contributed by atoms with Gasteiger partial charge in [0.25, 0.3) is 0 Å². The lowest BCUT2D eigenvalue weighted by Gasteiger charge is -2.09. The summed E-state index contributed by atoms with van der Waals surface area (Å²) in [5, 5.41) is 14.0. The molecule has 0 fully saturated rings. The zero-order valence-corrected chi connectivity index (χ0v) is 13.4. The van der Waals surface area contributed by atoms with Gasteiger partial charge >= 0.3 is 0 Å². The number of halogens is 4. The molecule has 1 aromatic heterocycles. The van der Waals surface area contributed by atoms with E-state index in [1.54, 1.807) is 18.2 Å². The van der Waals surface area contributed by atoms with Crippen molar-refractivity contribution in [2.75, 3.05) is 10.6 Å². The minimum atomic E-state index is -0.765. The molecule has 0 bridgehead atoms. The molecule has 0 amide bonds. The van der Waals surface area contributed by atoms with Crippen molar-refractivity contribution >= 4 is 46.3 Å². The van der Waals surface area contributed by atoms with Gasteiger partial charge in [-0.25, -0.2) is 8.78 Å². The average Bonchev–Trinajstić information content (AvgIpc) is 2.49. The van der Waals surface area contributed by atoms with Crippen LogP contribution >= 0.6 is 23.2 Å². The Bertz CT molecular complexity index is 871. The van der Waals surface area contributed by atoms with Crippen molar-refractivity contribution < 1.29 is 8.78 Å². The van der Waals surface area contributed by atoms with Gasteiger partial charge in [-0.05, 0) is 30.3 Å². The molecule has 3 rings (SSSR count). The van der Waals surface area contributed by atoms with Crippen LogP contribution in [0.25, 0.3) is 0 Å². The predicted molar refractivity (Wildman–Crippen MR) is 89.2 cm³/mol. The van der Waals surface area contributed by atoms with Gasteiger partial charge in [0.05, 0.1) is 11.9 Å². The van der Waals surface area contributed by atoms with Crippen molar-refractivity contribution in [3.05, 3.63) is 64.3 Å². The summed E-state index contributed by atoms with van der Waals surface area (Å²) in [7, 11) is 0. The number of aromatic nitrogens is 3. The van der Waals surface area contributed by atoms with Crippen LogP contribution in [0.1, 0.15) is 0 Å². The van der Waals surface area contributed by atoms with E-state index in [1.807, 2.05) is 0 Å². The van der Waals surface area contributed by atoms with Gasteiger partial charge in [-0.2, -0.15) is 10.1 Å². The molecule has 0 atom stereocenters. The van der Waals surface area contributed by atoms with Gasteiger partial charge in [0.2, 0.25) is 5.95 Å². The van der Waals surface area contributed by atoms with Crippen LogP contribution in [0.4, 0.5) is 31.9 Å². The zero-order valence-electron chi connectivity index (χ0n) is 11.9. The van der Waals surface area contributed by atoms with Gasteiger partial charge in [0.1, 0.15) is 11.6 Å². The van der Waals surface area contributed by atoms with Crippen molar-refractivity contribution in [3.8, 4) is 0 Å². The molecule has 5 nitrogen and oxygen atoms in total. The van der Waals surface area contributed by atoms with E-state index in [0.29, 0.717) is 21.6 Å². The molecule has 0 aliphatic carbocycles. The van der Waals surface area contributed by atoms with Crippen molar-refractivity contribution in [1.82, 2.24) is 15.2 Å². The van der Waals surface area contributed by atoms with Crippen LogP contribution in [0.15, 0.2) is 42.6 Å². The Hall–Kier alpha value is -2.51. The first-order valence-corrected chi connectivity index (χ1v) is 7.40. The third kappa shape index (κ3) is 4.06. The highest BCUT2D eigenvalue weighted by atomic mass is 35.5. The number of anilines is 4. The van der Waals surface area contributed by atoms with Gasteiger partial charge < -0.3 is 10.6 Å². The van der Waals surface area contributed by atoms with Crippen LogP contribution in [-0.4, -0.2) is 15.2 Å². The van der Waals surface area contributed by atoms with E-state index >= 15 is 0 Å². The van der Waals surface area contributed by atoms with Crippen LogP contribution in [0.2, 0.25) is 10.0 Å². The standard InChI is InChI=1S/C15H9Cl2F2N5/c16-8-3-9(17)5-11(4-8)21-14-7-20-24-15(23-14)22-13-2-1-10(18)6-12(13)19/h1-7H,(H2,21,22,23,24). The Morgan fingerprint density at radius 1 is 0.917 bits per heavy atom. The molecule has 0 saturated heterocycles. The molecule has 3 aromatic rings. The van der Waals surface area contributed by atoms with E-state index in [2.05, 4.69) is 25.8 Å². The van der Waals surface area contributed by atoms with E-state index in [0.717, 1.165) is 12.1 Å².